The van der Waals surface area contributed by atoms with Gasteiger partial charge >= 0.3 is 0 Å². The molecule has 1 aliphatic rings. The van der Waals surface area contributed by atoms with Crippen LogP contribution in [0.25, 0.3) is 0 Å². The first-order valence-corrected chi connectivity index (χ1v) is 8.60. The van der Waals surface area contributed by atoms with Gasteiger partial charge in [0.2, 0.25) is 0 Å². The average Bonchev–Trinajstić information content (AvgIpc) is 2.98. The molecule has 0 amide bonds. The molecule has 2 nitrogen and oxygen atoms in total. The van der Waals surface area contributed by atoms with Gasteiger partial charge in [-0.2, -0.15) is 0 Å². The lowest BCUT2D eigenvalue weighted by Gasteiger charge is -2.20. The summed E-state index contributed by atoms with van der Waals surface area (Å²) in [5.41, 5.74) is 1.46. The van der Waals surface area contributed by atoms with Gasteiger partial charge in [0.05, 0.1) is 6.10 Å². The molecule has 1 aromatic carbocycles. The summed E-state index contributed by atoms with van der Waals surface area (Å²) in [5, 5.41) is 3.64. The van der Waals surface area contributed by atoms with E-state index in [4.69, 9.17) is 4.74 Å². The summed E-state index contributed by atoms with van der Waals surface area (Å²) in [4.78, 5) is 0. The maximum Gasteiger partial charge on any atom is 0.0576 e. The van der Waals surface area contributed by atoms with Gasteiger partial charge in [0.25, 0.3) is 0 Å². The van der Waals surface area contributed by atoms with E-state index in [9.17, 15) is 0 Å². The molecule has 2 rings (SSSR count). The van der Waals surface area contributed by atoms with Crippen LogP contribution in [0.3, 0.4) is 0 Å². The Labute approximate surface area is 130 Å². The number of ether oxygens (including phenoxy) is 1. The fraction of sp³-hybridized carbons (Fsp3) is 0.684. The number of hydrogen-bond donors (Lipinski definition) is 1. The Balaban J connectivity index is 1.80. The molecule has 21 heavy (non-hydrogen) atoms. The molecule has 1 aromatic rings. The molecule has 0 saturated carbocycles. The highest BCUT2D eigenvalue weighted by Gasteiger charge is 2.18. The van der Waals surface area contributed by atoms with Gasteiger partial charge in [-0.3, -0.25) is 0 Å². The molecule has 0 spiro atoms. The van der Waals surface area contributed by atoms with E-state index < -0.39 is 0 Å². The molecule has 0 radical (unpaired) electrons. The molecule has 1 aliphatic heterocycles. The minimum absolute atomic E-state index is 0.522. The molecule has 2 unspecified atom stereocenters. The topological polar surface area (TPSA) is 21.3 Å². The molecule has 118 valence electrons. The Morgan fingerprint density at radius 1 is 1.19 bits per heavy atom. The van der Waals surface area contributed by atoms with Gasteiger partial charge in [-0.05, 0) is 62.6 Å². The summed E-state index contributed by atoms with van der Waals surface area (Å²) in [6, 6.07) is 10.9. The third-order valence-electron chi connectivity index (χ3n) is 4.27. The van der Waals surface area contributed by atoms with E-state index in [1.165, 1.54) is 37.7 Å². The summed E-state index contributed by atoms with van der Waals surface area (Å²) in [7, 11) is 0. The van der Waals surface area contributed by atoms with Gasteiger partial charge in [0, 0.05) is 6.61 Å². The first-order chi connectivity index (χ1) is 10.2. The van der Waals surface area contributed by atoms with Gasteiger partial charge in [0.15, 0.2) is 0 Å². The van der Waals surface area contributed by atoms with Crippen molar-refractivity contribution in [1.29, 1.82) is 0 Å². The van der Waals surface area contributed by atoms with E-state index in [2.05, 4.69) is 49.5 Å². The zero-order chi connectivity index (χ0) is 14.9. The second kappa shape index (κ2) is 9.22. The number of nitrogens with one attached hydrogen (secondary N) is 1. The SMILES string of the molecule is CC(C)CNCC(CCC1CCCO1)Cc1ccccc1. The molecule has 1 N–H and O–H groups in total. The maximum absolute atomic E-state index is 5.78. The lowest BCUT2D eigenvalue weighted by molar-refractivity contribution is 0.0979. The highest BCUT2D eigenvalue weighted by atomic mass is 16.5. The molecular weight excluding hydrogens is 258 g/mol. The van der Waals surface area contributed by atoms with Crippen molar-refractivity contribution in [2.45, 2.75) is 52.1 Å². The van der Waals surface area contributed by atoms with E-state index >= 15 is 0 Å². The quantitative estimate of drug-likeness (QED) is 0.740. The second-order valence-corrected chi connectivity index (χ2v) is 6.82. The first-order valence-electron chi connectivity index (χ1n) is 8.60. The molecule has 1 saturated heterocycles. The molecule has 0 aromatic heterocycles. The van der Waals surface area contributed by atoms with Crippen molar-refractivity contribution in [2.24, 2.45) is 11.8 Å². The normalized spacial score (nSPS) is 20.0. The van der Waals surface area contributed by atoms with Crippen LogP contribution in [-0.4, -0.2) is 25.8 Å². The zero-order valence-corrected chi connectivity index (χ0v) is 13.7. The molecule has 1 heterocycles. The lowest BCUT2D eigenvalue weighted by atomic mass is 9.92. The van der Waals surface area contributed by atoms with Gasteiger partial charge in [-0.1, -0.05) is 44.2 Å². The van der Waals surface area contributed by atoms with E-state index in [-0.39, 0.29) is 0 Å². The van der Waals surface area contributed by atoms with Crippen LogP contribution >= 0.6 is 0 Å². The number of rotatable bonds is 9. The fourth-order valence-electron chi connectivity index (χ4n) is 3.09. The fourth-order valence-corrected chi connectivity index (χ4v) is 3.09. The number of hydrogen-bond acceptors (Lipinski definition) is 2. The Kier molecular flexibility index (Phi) is 7.25. The van der Waals surface area contributed by atoms with Gasteiger partial charge < -0.3 is 10.1 Å². The van der Waals surface area contributed by atoms with Crippen LogP contribution in [0.2, 0.25) is 0 Å². The predicted octanol–water partition coefficient (Wildman–Crippen LogP) is 4.05. The zero-order valence-electron chi connectivity index (χ0n) is 13.7. The number of benzene rings is 1. The maximum atomic E-state index is 5.78. The Bertz CT molecular complexity index is 370. The smallest absolute Gasteiger partial charge is 0.0576 e. The van der Waals surface area contributed by atoms with Crippen LogP contribution in [0, 0.1) is 11.8 Å². The molecule has 2 atom stereocenters. The summed E-state index contributed by atoms with van der Waals surface area (Å²) < 4.78 is 5.78. The van der Waals surface area contributed by atoms with Gasteiger partial charge in [0.1, 0.15) is 0 Å². The monoisotopic (exact) mass is 289 g/mol. The lowest BCUT2D eigenvalue weighted by Crippen LogP contribution is -2.28. The van der Waals surface area contributed by atoms with Crippen LogP contribution in [0.15, 0.2) is 30.3 Å². The van der Waals surface area contributed by atoms with Crippen LogP contribution in [-0.2, 0) is 11.2 Å². The standard InChI is InChI=1S/C19H31NO/c1-16(2)14-20-15-18(10-11-19-9-6-12-21-19)13-17-7-4-3-5-8-17/h3-5,7-8,16,18-20H,6,9-15H2,1-2H3. The van der Waals surface area contributed by atoms with E-state index in [0.717, 1.165) is 31.5 Å². The van der Waals surface area contributed by atoms with Gasteiger partial charge in [-0.25, -0.2) is 0 Å². The predicted molar refractivity (Wildman–Crippen MR) is 89.6 cm³/mol. The van der Waals surface area contributed by atoms with Crippen LogP contribution in [0.4, 0.5) is 0 Å². The van der Waals surface area contributed by atoms with E-state index in [1.54, 1.807) is 0 Å². The summed E-state index contributed by atoms with van der Waals surface area (Å²) in [6.45, 7) is 7.75. The van der Waals surface area contributed by atoms with E-state index in [0.29, 0.717) is 6.10 Å². The minimum Gasteiger partial charge on any atom is -0.378 e. The van der Waals surface area contributed by atoms with Crippen molar-refractivity contribution in [3.8, 4) is 0 Å². The van der Waals surface area contributed by atoms with Crippen LogP contribution in [0.1, 0.15) is 45.1 Å². The van der Waals surface area contributed by atoms with Crippen molar-refractivity contribution >= 4 is 0 Å². The molecule has 0 aliphatic carbocycles. The van der Waals surface area contributed by atoms with Gasteiger partial charge in [-0.15, -0.1) is 0 Å². The summed E-state index contributed by atoms with van der Waals surface area (Å²) >= 11 is 0. The largest absolute Gasteiger partial charge is 0.378 e. The average molecular weight is 289 g/mol. The molecule has 1 fully saturated rings. The highest BCUT2D eigenvalue weighted by molar-refractivity contribution is 5.15. The summed E-state index contributed by atoms with van der Waals surface area (Å²) in [6.07, 6.45) is 6.70. The van der Waals surface area contributed by atoms with Crippen molar-refractivity contribution in [3.63, 3.8) is 0 Å². The molecule has 0 bridgehead atoms. The Morgan fingerprint density at radius 2 is 2.00 bits per heavy atom. The van der Waals surface area contributed by atoms with Crippen LogP contribution in [0.5, 0.6) is 0 Å². The second-order valence-electron chi connectivity index (χ2n) is 6.82. The molecular formula is C19H31NO. The Morgan fingerprint density at radius 3 is 2.67 bits per heavy atom. The third-order valence-corrected chi connectivity index (χ3v) is 4.27. The first kappa shape index (κ1) is 16.5. The summed E-state index contributed by atoms with van der Waals surface area (Å²) in [5.74, 6) is 1.44. The van der Waals surface area contributed by atoms with Crippen molar-refractivity contribution in [1.82, 2.24) is 5.32 Å². The van der Waals surface area contributed by atoms with E-state index in [1.807, 2.05) is 0 Å². The highest BCUT2D eigenvalue weighted by Crippen LogP contribution is 2.21. The Hall–Kier alpha value is -0.860. The van der Waals surface area contributed by atoms with Crippen molar-refractivity contribution < 1.29 is 4.74 Å². The van der Waals surface area contributed by atoms with Crippen molar-refractivity contribution in [3.05, 3.63) is 35.9 Å². The van der Waals surface area contributed by atoms with Crippen LogP contribution < -0.4 is 5.32 Å². The third kappa shape index (κ3) is 6.62. The molecule has 2 heteroatoms. The minimum atomic E-state index is 0.522. The van der Waals surface area contributed by atoms with Crippen molar-refractivity contribution in [2.75, 3.05) is 19.7 Å².